The summed E-state index contributed by atoms with van der Waals surface area (Å²) in [6.45, 7) is 11.1. The van der Waals surface area contributed by atoms with Gasteiger partial charge in [0.1, 0.15) is 0 Å². The molecule has 0 aliphatic carbocycles. The van der Waals surface area contributed by atoms with Crippen molar-refractivity contribution >= 4 is 11.6 Å². The van der Waals surface area contributed by atoms with Gasteiger partial charge in [0.05, 0.1) is 0 Å². The third-order valence-corrected chi connectivity index (χ3v) is 2.69. The molecule has 0 radical (unpaired) electrons. The van der Waals surface area contributed by atoms with Crippen LogP contribution in [0.2, 0.25) is 0 Å². The summed E-state index contributed by atoms with van der Waals surface area (Å²) in [5, 5.41) is 4.21. The Morgan fingerprint density at radius 1 is 1.69 bits per heavy atom. The zero-order valence-corrected chi connectivity index (χ0v) is 9.27. The summed E-state index contributed by atoms with van der Waals surface area (Å²) < 4.78 is 0. The fraction of sp³-hybridized carbons (Fsp3) is 0.800. The molecule has 1 rings (SSSR count). The molecule has 1 aliphatic rings. The summed E-state index contributed by atoms with van der Waals surface area (Å²) in [5.74, 6) is 0. The van der Waals surface area contributed by atoms with Gasteiger partial charge in [-0.2, -0.15) is 0 Å². The van der Waals surface area contributed by atoms with Crippen molar-refractivity contribution in [3.05, 3.63) is 11.6 Å². The van der Waals surface area contributed by atoms with Crippen molar-refractivity contribution in [3.63, 3.8) is 0 Å². The average molecular weight is 203 g/mol. The van der Waals surface area contributed by atoms with E-state index >= 15 is 0 Å². The molecule has 2 atom stereocenters. The first-order valence-electron chi connectivity index (χ1n) is 4.94. The lowest BCUT2D eigenvalue weighted by Gasteiger charge is -2.38. The van der Waals surface area contributed by atoms with E-state index in [9.17, 15) is 0 Å². The molecule has 0 spiro atoms. The van der Waals surface area contributed by atoms with Crippen molar-refractivity contribution in [2.24, 2.45) is 0 Å². The molecule has 1 fully saturated rings. The van der Waals surface area contributed by atoms with E-state index in [-0.39, 0.29) is 0 Å². The van der Waals surface area contributed by atoms with Crippen LogP contribution in [0.25, 0.3) is 0 Å². The second-order valence-corrected chi connectivity index (χ2v) is 4.35. The molecule has 0 bridgehead atoms. The molecule has 2 unspecified atom stereocenters. The Bertz CT molecular complexity index is 182. The second kappa shape index (κ2) is 4.99. The van der Waals surface area contributed by atoms with Crippen molar-refractivity contribution in [3.8, 4) is 0 Å². The third-order valence-electron chi connectivity index (χ3n) is 2.57. The number of nitrogens with one attached hydrogen (secondary N) is 1. The molecule has 1 heterocycles. The van der Waals surface area contributed by atoms with Gasteiger partial charge in [-0.05, 0) is 13.3 Å². The predicted molar refractivity (Wildman–Crippen MR) is 58.1 cm³/mol. The minimum Gasteiger partial charge on any atom is -0.311 e. The van der Waals surface area contributed by atoms with Gasteiger partial charge in [-0.1, -0.05) is 25.1 Å². The number of hydrogen-bond acceptors (Lipinski definition) is 2. The quantitative estimate of drug-likeness (QED) is 0.751. The Kier molecular flexibility index (Phi) is 4.23. The molecule has 1 saturated heterocycles. The van der Waals surface area contributed by atoms with E-state index in [1.54, 1.807) is 0 Å². The summed E-state index contributed by atoms with van der Waals surface area (Å²) >= 11 is 5.82. The standard InChI is InChI=1S/C10H19ClN2/c1-4-10-5-12-9(3)7-13(10)6-8(2)11/h9-10,12H,2,4-7H2,1,3H3. The van der Waals surface area contributed by atoms with Crippen LogP contribution in [0, 0.1) is 0 Å². The van der Waals surface area contributed by atoms with Gasteiger partial charge in [-0.15, -0.1) is 0 Å². The molecule has 0 amide bonds. The number of nitrogens with zero attached hydrogens (tertiary/aromatic N) is 1. The van der Waals surface area contributed by atoms with Crippen LogP contribution >= 0.6 is 11.6 Å². The van der Waals surface area contributed by atoms with Crippen LogP contribution < -0.4 is 5.32 Å². The number of piperazine rings is 1. The summed E-state index contributed by atoms with van der Waals surface area (Å²) in [4.78, 5) is 2.41. The largest absolute Gasteiger partial charge is 0.311 e. The van der Waals surface area contributed by atoms with Gasteiger partial charge in [0.2, 0.25) is 0 Å². The molecule has 0 aromatic heterocycles. The Labute approximate surface area is 85.9 Å². The minimum atomic E-state index is 0.568. The van der Waals surface area contributed by atoms with Crippen molar-refractivity contribution in [2.45, 2.75) is 32.4 Å². The van der Waals surface area contributed by atoms with Gasteiger partial charge in [-0.25, -0.2) is 0 Å². The van der Waals surface area contributed by atoms with Gasteiger partial charge in [0, 0.05) is 36.8 Å². The first kappa shape index (κ1) is 11.0. The fourth-order valence-corrected chi connectivity index (χ4v) is 2.00. The molecule has 0 aromatic carbocycles. The van der Waals surface area contributed by atoms with E-state index < -0.39 is 0 Å². The lowest BCUT2D eigenvalue weighted by molar-refractivity contribution is 0.146. The molecule has 0 aromatic rings. The Hall–Kier alpha value is -0.0500. The summed E-state index contributed by atoms with van der Waals surface area (Å²) in [6.07, 6.45) is 1.17. The molecule has 0 saturated carbocycles. The minimum absolute atomic E-state index is 0.568. The van der Waals surface area contributed by atoms with Crippen LogP contribution in [-0.4, -0.2) is 36.6 Å². The van der Waals surface area contributed by atoms with Crippen LogP contribution in [0.15, 0.2) is 11.6 Å². The molecule has 3 heteroatoms. The molecule has 13 heavy (non-hydrogen) atoms. The molecule has 2 nitrogen and oxygen atoms in total. The number of rotatable bonds is 3. The summed E-state index contributed by atoms with van der Waals surface area (Å²) in [5.41, 5.74) is 0. The van der Waals surface area contributed by atoms with Crippen molar-refractivity contribution in [1.82, 2.24) is 10.2 Å². The third kappa shape index (κ3) is 3.29. The maximum absolute atomic E-state index is 5.82. The van der Waals surface area contributed by atoms with E-state index in [0.29, 0.717) is 12.1 Å². The smallest absolute Gasteiger partial charge is 0.0339 e. The first-order chi connectivity index (χ1) is 6.13. The number of hydrogen-bond donors (Lipinski definition) is 1. The molecule has 76 valence electrons. The SMILES string of the molecule is C=C(Cl)CN1CC(C)NCC1CC. The van der Waals surface area contributed by atoms with Gasteiger partial charge in [0.25, 0.3) is 0 Å². The van der Waals surface area contributed by atoms with Crippen LogP contribution in [0.1, 0.15) is 20.3 Å². The zero-order valence-electron chi connectivity index (χ0n) is 8.52. The number of halogens is 1. The highest BCUT2D eigenvalue weighted by atomic mass is 35.5. The molecule has 1 N–H and O–H groups in total. The highest BCUT2D eigenvalue weighted by Gasteiger charge is 2.23. The van der Waals surface area contributed by atoms with E-state index in [2.05, 4.69) is 30.6 Å². The predicted octanol–water partition coefficient (Wildman–Crippen LogP) is 1.81. The van der Waals surface area contributed by atoms with Gasteiger partial charge in [-0.3, -0.25) is 4.90 Å². The van der Waals surface area contributed by atoms with Crippen LogP contribution in [0.4, 0.5) is 0 Å². The summed E-state index contributed by atoms with van der Waals surface area (Å²) in [7, 11) is 0. The molecule has 1 aliphatic heterocycles. The maximum Gasteiger partial charge on any atom is 0.0339 e. The average Bonchev–Trinajstić information content (AvgIpc) is 2.03. The van der Waals surface area contributed by atoms with Gasteiger partial charge >= 0.3 is 0 Å². The van der Waals surface area contributed by atoms with Crippen molar-refractivity contribution in [1.29, 1.82) is 0 Å². The van der Waals surface area contributed by atoms with E-state index in [1.165, 1.54) is 6.42 Å². The van der Waals surface area contributed by atoms with Crippen molar-refractivity contribution < 1.29 is 0 Å². The Balaban J connectivity index is 2.49. The van der Waals surface area contributed by atoms with E-state index in [1.807, 2.05) is 0 Å². The van der Waals surface area contributed by atoms with Crippen LogP contribution in [0.5, 0.6) is 0 Å². The highest BCUT2D eigenvalue weighted by molar-refractivity contribution is 6.29. The lowest BCUT2D eigenvalue weighted by atomic mass is 10.1. The lowest BCUT2D eigenvalue weighted by Crippen LogP contribution is -2.55. The highest BCUT2D eigenvalue weighted by Crippen LogP contribution is 2.13. The van der Waals surface area contributed by atoms with E-state index in [4.69, 9.17) is 11.6 Å². The van der Waals surface area contributed by atoms with E-state index in [0.717, 1.165) is 24.7 Å². The summed E-state index contributed by atoms with van der Waals surface area (Å²) in [6, 6.07) is 1.19. The first-order valence-corrected chi connectivity index (χ1v) is 5.32. The van der Waals surface area contributed by atoms with Crippen molar-refractivity contribution in [2.75, 3.05) is 19.6 Å². The monoisotopic (exact) mass is 202 g/mol. The van der Waals surface area contributed by atoms with Gasteiger partial charge in [0.15, 0.2) is 0 Å². The normalized spacial score (nSPS) is 30.4. The second-order valence-electron chi connectivity index (χ2n) is 3.82. The fourth-order valence-electron chi connectivity index (χ4n) is 1.85. The van der Waals surface area contributed by atoms with Gasteiger partial charge < -0.3 is 5.32 Å². The topological polar surface area (TPSA) is 15.3 Å². The molecular formula is C10H19ClN2. The Morgan fingerprint density at radius 2 is 2.38 bits per heavy atom. The Morgan fingerprint density at radius 3 is 2.92 bits per heavy atom. The van der Waals surface area contributed by atoms with Crippen LogP contribution in [0.3, 0.4) is 0 Å². The maximum atomic E-state index is 5.82. The zero-order chi connectivity index (χ0) is 9.84. The van der Waals surface area contributed by atoms with Crippen LogP contribution in [-0.2, 0) is 0 Å². The molecular weight excluding hydrogens is 184 g/mol.